The van der Waals surface area contributed by atoms with Crippen molar-refractivity contribution >= 4 is 46.5 Å². The third kappa shape index (κ3) is 4.58. The lowest BCUT2D eigenvalue weighted by Crippen LogP contribution is -2.15. The first-order chi connectivity index (χ1) is 15.5. The molecule has 2 aromatic carbocycles. The van der Waals surface area contributed by atoms with Crippen molar-refractivity contribution in [2.24, 2.45) is 0 Å². The Hall–Kier alpha value is -3.44. The SMILES string of the molecule is N#Cc1cnn(-c2ccccc2)c1NC(=O)c1ccc(COc2c(Cl)cc(Cl)cc2Cl)o1. The maximum Gasteiger partial charge on any atom is 0.292 e. The van der Waals surface area contributed by atoms with Crippen LogP contribution in [-0.4, -0.2) is 15.7 Å². The van der Waals surface area contributed by atoms with E-state index in [-0.39, 0.29) is 39.5 Å². The summed E-state index contributed by atoms with van der Waals surface area (Å²) >= 11 is 18.1. The molecule has 0 aliphatic rings. The molecular weight excluding hydrogens is 475 g/mol. The number of ether oxygens (including phenoxy) is 1. The maximum atomic E-state index is 12.7. The normalized spacial score (nSPS) is 10.6. The average molecular weight is 488 g/mol. The summed E-state index contributed by atoms with van der Waals surface area (Å²) in [7, 11) is 0. The van der Waals surface area contributed by atoms with Crippen molar-refractivity contribution in [3.8, 4) is 17.5 Å². The van der Waals surface area contributed by atoms with Crippen LogP contribution in [0.25, 0.3) is 5.69 Å². The molecular formula is C22H13Cl3N4O3. The molecule has 10 heteroatoms. The van der Waals surface area contributed by atoms with Gasteiger partial charge in [-0.3, -0.25) is 4.79 Å². The number of anilines is 1. The minimum atomic E-state index is -0.548. The molecule has 0 saturated heterocycles. The van der Waals surface area contributed by atoms with Crippen LogP contribution >= 0.6 is 34.8 Å². The number of carbonyl (C=O) groups excluding carboxylic acids is 1. The van der Waals surface area contributed by atoms with Crippen molar-refractivity contribution in [1.82, 2.24) is 9.78 Å². The van der Waals surface area contributed by atoms with Gasteiger partial charge in [0.1, 0.15) is 24.0 Å². The van der Waals surface area contributed by atoms with Crippen LogP contribution in [0, 0.1) is 11.3 Å². The summed E-state index contributed by atoms with van der Waals surface area (Å²) in [5.74, 6) is 0.340. The Morgan fingerprint density at radius 2 is 1.84 bits per heavy atom. The number of para-hydroxylation sites is 1. The number of furan rings is 1. The smallest absolute Gasteiger partial charge is 0.292 e. The van der Waals surface area contributed by atoms with Crippen molar-refractivity contribution in [2.75, 3.05) is 5.32 Å². The fourth-order valence-electron chi connectivity index (χ4n) is 2.87. The zero-order chi connectivity index (χ0) is 22.7. The van der Waals surface area contributed by atoms with Gasteiger partial charge in [-0.15, -0.1) is 0 Å². The Bertz CT molecular complexity index is 1300. The largest absolute Gasteiger partial charge is 0.483 e. The number of hydrogen-bond acceptors (Lipinski definition) is 5. The zero-order valence-electron chi connectivity index (χ0n) is 16.2. The molecule has 2 heterocycles. The third-order valence-corrected chi connectivity index (χ3v) is 5.11. The van der Waals surface area contributed by atoms with Crippen LogP contribution in [0.1, 0.15) is 21.9 Å². The lowest BCUT2D eigenvalue weighted by molar-refractivity contribution is 0.0992. The molecule has 0 unspecified atom stereocenters. The van der Waals surface area contributed by atoms with Gasteiger partial charge in [-0.25, -0.2) is 4.68 Å². The Kier molecular flexibility index (Phi) is 6.37. The highest BCUT2D eigenvalue weighted by atomic mass is 35.5. The molecule has 1 amide bonds. The van der Waals surface area contributed by atoms with Gasteiger partial charge >= 0.3 is 0 Å². The number of nitrogens with one attached hydrogen (secondary N) is 1. The second kappa shape index (κ2) is 9.37. The Labute approximate surface area is 197 Å². The van der Waals surface area contributed by atoms with Crippen LogP contribution in [0.5, 0.6) is 5.75 Å². The minimum absolute atomic E-state index is 0.0141. The molecule has 0 radical (unpaired) electrons. The Morgan fingerprint density at radius 1 is 1.12 bits per heavy atom. The van der Waals surface area contributed by atoms with Gasteiger partial charge in [0.15, 0.2) is 17.3 Å². The van der Waals surface area contributed by atoms with Gasteiger partial charge in [0.05, 0.1) is 21.9 Å². The van der Waals surface area contributed by atoms with E-state index in [0.29, 0.717) is 16.5 Å². The summed E-state index contributed by atoms with van der Waals surface area (Å²) in [6, 6.07) is 17.2. The number of aromatic nitrogens is 2. The molecule has 7 nitrogen and oxygen atoms in total. The highest BCUT2D eigenvalue weighted by Crippen LogP contribution is 2.36. The summed E-state index contributed by atoms with van der Waals surface area (Å²) in [4.78, 5) is 12.7. The van der Waals surface area contributed by atoms with Crippen LogP contribution in [0.2, 0.25) is 15.1 Å². The fourth-order valence-corrected chi connectivity index (χ4v) is 3.80. The first-order valence-electron chi connectivity index (χ1n) is 9.17. The van der Waals surface area contributed by atoms with Gasteiger partial charge in [-0.05, 0) is 36.4 Å². The topological polar surface area (TPSA) is 93.1 Å². The second-order valence-corrected chi connectivity index (χ2v) is 7.72. The molecule has 4 aromatic rings. The van der Waals surface area contributed by atoms with Gasteiger partial charge in [0, 0.05) is 5.02 Å². The third-order valence-electron chi connectivity index (χ3n) is 4.33. The first-order valence-corrected chi connectivity index (χ1v) is 10.3. The molecule has 0 bridgehead atoms. The minimum Gasteiger partial charge on any atom is -0.483 e. The Morgan fingerprint density at radius 3 is 2.53 bits per heavy atom. The predicted molar refractivity (Wildman–Crippen MR) is 121 cm³/mol. The first kappa shape index (κ1) is 21.8. The van der Waals surface area contributed by atoms with Crippen LogP contribution in [-0.2, 0) is 6.61 Å². The lowest BCUT2D eigenvalue weighted by atomic mass is 10.3. The Balaban J connectivity index is 1.50. The van der Waals surface area contributed by atoms with Crippen LogP contribution in [0.4, 0.5) is 5.82 Å². The molecule has 1 N–H and O–H groups in total. The van der Waals surface area contributed by atoms with E-state index in [1.165, 1.54) is 29.1 Å². The number of hydrogen-bond donors (Lipinski definition) is 1. The molecule has 0 aliphatic heterocycles. The second-order valence-electron chi connectivity index (χ2n) is 6.47. The van der Waals surface area contributed by atoms with Crippen LogP contribution in [0.3, 0.4) is 0 Å². The maximum absolute atomic E-state index is 12.7. The summed E-state index contributed by atoms with van der Waals surface area (Å²) in [5.41, 5.74) is 0.902. The highest BCUT2D eigenvalue weighted by molar-refractivity contribution is 6.40. The number of nitriles is 1. The van der Waals surface area contributed by atoms with Gasteiger partial charge in [-0.2, -0.15) is 10.4 Å². The van der Waals surface area contributed by atoms with E-state index >= 15 is 0 Å². The molecule has 2 aromatic heterocycles. The summed E-state index contributed by atoms with van der Waals surface area (Å²) in [6.45, 7) is -0.0141. The average Bonchev–Trinajstić information content (AvgIpc) is 3.40. The summed E-state index contributed by atoms with van der Waals surface area (Å²) in [5, 5.41) is 17.1. The van der Waals surface area contributed by atoms with Crippen molar-refractivity contribution in [3.63, 3.8) is 0 Å². The zero-order valence-corrected chi connectivity index (χ0v) is 18.4. The molecule has 0 atom stereocenters. The molecule has 160 valence electrons. The number of carbonyl (C=O) groups is 1. The van der Waals surface area contributed by atoms with E-state index in [9.17, 15) is 10.1 Å². The highest BCUT2D eigenvalue weighted by Gasteiger charge is 2.19. The summed E-state index contributed by atoms with van der Waals surface area (Å²) < 4.78 is 12.7. The number of amides is 1. The quantitative estimate of drug-likeness (QED) is 0.353. The number of halogens is 3. The molecule has 0 fully saturated rings. The lowest BCUT2D eigenvalue weighted by Gasteiger charge is -2.09. The van der Waals surface area contributed by atoms with E-state index in [2.05, 4.69) is 10.4 Å². The van der Waals surface area contributed by atoms with Gasteiger partial charge in [-0.1, -0.05) is 53.0 Å². The fraction of sp³-hybridized carbons (Fsp3) is 0.0455. The number of nitrogens with zero attached hydrogens (tertiary/aromatic N) is 3. The molecule has 0 aliphatic carbocycles. The molecule has 4 rings (SSSR count). The van der Waals surface area contributed by atoms with Crippen molar-refractivity contribution in [3.05, 3.63) is 92.9 Å². The van der Waals surface area contributed by atoms with Crippen molar-refractivity contribution in [2.45, 2.75) is 6.61 Å². The molecule has 0 spiro atoms. The number of benzene rings is 2. The van der Waals surface area contributed by atoms with Crippen molar-refractivity contribution < 1.29 is 13.9 Å². The van der Waals surface area contributed by atoms with Gasteiger partial charge in [0.25, 0.3) is 5.91 Å². The van der Waals surface area contributed by atoms with E-state index in [1.807, 2.05) is 24.3 Å². The monoisotopic (exact) mass is 486 g/mol. The van der Waals surface area contributed by atoms with Gasteiger partial charge < -0.3 is 14.5 Å². The molecule has 0 saturated carbocycles. The van der Waals surface area contributed by atoms with E-state index in [4.69, 9.17) is 44.0 Å². The van der Waals surface area contributed by atoms with E-state index in [1.54, 1.807) is 18.2 Å². The summed E-state index contributed by atoms with van der Waals surface area (Å²) in [6.07, 6.45) is 1.38. The van der Waals surface area contributed by atoms with E-state index < -0.39 is 5.91 Å². The predicted octanol–water partition coefficient (Wildman–Crippen LogP) is 6.13. The van der Waals surface area contributed by atoms with Crippen LogP contribution < -0.4 is 10.1 Å². The van der Waals surface area contributed by atoms with E-state index in [0.717, 1.165) is 0 Å². The van der Waals surface area contributed by atoms with Gasteiger partial charge in [0.2, 0.25) is 0 Å². The standard InChI is InChI=1S/C22H13Cl3N4O3/c23-14-8-17(24)20(18(25)9-14)31-12-16-6-7-19(32-16)22(30)28-21-13(10-26)11-27-29(21)15-4-2-1-3-5-15/h1-9,11H,12H2,(H,28,30). The number of rotatable bonds is 6. The van der Waals surface area contributed by atoms with Crippen molar-refractivity contribution in [1.29, 1.82) is 5.26 Å². The molecule has 32 heavy (non-hydrogen) atoms. The van der Waals surface area contributed by atoms with Crippen LogP contribution in [0.15, 0.2) is 65.2 Å².